The zero-order valence-electron chi connectivity index (χ0n) is 16.3. The van der Waals surface area contributed by atoms with Gasteiger partial charge in [0.2, 0.25) is 0 Å². The molecule has 0 N–H and O–H groups in total. The van der Waals surface area contributed by atoms with Crippen molar-refractivity contribution in [3.05, 3.63) is 63.3 Å². The number of aromatic nitrogens is 2. The van der Waals surface area contributed by atoms with Gasteiger partial charge in [0.05, 0.1) is 17.7 Å². The summed E-state index contributed by atoms with van der Waals surface area (Å²) in [6.45, 7) is 6.66. The number of hydrogen-bond acceptors (Lipinski definition) is 6. The van der Waals surface area contributed by atoms with Crippen molar-refractivity contribution in [3.63, 3.8) is 0 Å². The minimum absolute atomic E-state index is 0.00813. The second kappa shape index (κ2) is 8.55. The normalized spacial score (nSPS) is 12.9. The molecule has 3 aromatic rings. The highest BCUT2D eigenvalue weighted by Gasteiger charge is 2.23. The van der Waals surface area contributed by atoms with Crippen LogP contribution in [0.5, 0.6) is 5.75 Å². The zero-order valence-corrected chi connectivity index (χ0v) is 17.9. The van der Waals surface area contributed by atoms with Crippen molar-refractivity contribution in [2.24, 2.45) is 0 Å². The monoisotopic (exact) mass is 426 g/mol. The quantitative estimate of drug-likeness (QED) is 0.230. The van der Waals surface area contributed by atoms with E-state index in [0.29, 0.717) is 23.9 Å². The molecule has 0 saturated carbocycles. The number of thiophene rings is 1. The van der Waals surface area contributed by atoms with Crippen molar-refractivity contribution >= 4 is 39.1 Å². The lowest BCUT2D eigenvalue weighted by Gasteiger charge is -2.10. The molecular weight excluding hydrogens is 404 g/mol. The Hall–Kier alpha value is -2.38. The largest absolute Gasteiger partial charge is 0.494 e. The van der Waals surface area contributed by atoms with E-state index in [-0.39, 0.29) is 17.1 Å². The van der Waals surface area contributed by atoms with Gasteiger partial charge in [0.15, 0.2) is 10.9 Å². The number of allylic oxidation sites excluding steroid dienone is 1. The fourth-order valence-corrected chi connectivity index (χ4v) is 5.78. The van der Waals surface area contributed by atoms with Gasteiger partial charge in [-0.2, -0.15) is 0 Å². The molecule has 4 rings (SSSR count). The van der Waals surface area contributed by atoms with Crippen molar-refractivity contribution in [1.82, 2.24) is 9.55 Å². The van der Waals surface area contributed by atoms with Crippen LogP contribution in [0.15, 0.2) is 46.9 Å². The standard InChI is InChI=1S/C22H22N2O3S2/c1-3-12-24-21(26)19-16-6-5-7-18(16)29-20(19)23-22(24)28-13-17(25)14-8-10-15(11-9-14)27-4-2/h3,8-11H,1,4-7,12-13H2,2H3. The average molecular weight is 427 g/mol. The van der Waals surface area contributed by atoms with Crippen LogP contribution in [-0.4, -0.2) is 27.7 Å². The summed E-state index contributed by atoms with van der Waals surface area (Å²) < 4.78 is 7.06. The highest BCUT2D eigenvalue weighted by molar-refractivity contribution is 7.99. The molecule has 5 nitrogen and oxygen atoms in total. The Bertz CT molecular complexity index is 1130. The van der Waals surface area contributed by atoms with Gasteiger partial charge in [0, 0.05) is 17.0 Å². The molecule has 0 saturated heterocycles. The van der Waals surface area contributed by atoms with E-state index in [4.69, 9.17) is 9.72 Å². The first-order chi connectivity index (χ1) is 14.1. The summed E-state index contributed by atoms with van der Waals surface area (Å²) >= 11 is 2.92. The Labute approximate surface area is 177 Å². The van der Waals surface area contributed by atoms with Crippen LogP contribution in [0.1, 0.15) is 34.1 Å². The van der Waals surface area contributed by atoms with Crippen LogP contribution >= 0.6 is 23.1 Å². The lowest BCUT2D eigenvalue weighted by Crippen LogP contribution is -2.23. The number of carbonyl (C=O) groups excluding carboxylic acids is 1. The summed E-state index contributed by atoms with van der Waals surface area (Å²) in [4.78, 5) is 32.6. The Morgan fingerprint density at radius 1 is 1.34 bits per heavy atom. The SMILES string of the molecule is C=CCn1c(SCC(=O)c2ccc(OCC)cc2)nc2sc3c(c2c1=O)CCC3. The molecule has 0 spiro atoms. The predicted molar refractivity (Wildman–Crippen MR) is 119 cm³/mol. The Kier molecular flexibility index (Phi) is 5.87. The van der Waals surface area contributed by atoms with Gasteiger partial charge in [-0.05, 0) is 56.0 Å². The van der Waals surface area contributed by atoms with Crippen molar-refractivity contribution < 1.29 is 9.53 Å². The maximum Gasteiger partial charge on any atom is 0.263 e. The van der Waals surface area contributed by atoms with Gasteiger partial charge in [0.25, 0.3) is 5.56 Å². The number of ketones is 1. The fourth-order valence-electron chi connectivity index (χ4n) is 3.58. The smallest absolute Gasteiger partial charge is 0.263 e. The maximum absolute atomic E-state index is 13.1. The number of thioether (sulfide) groups is 1. The van der Waals surface area contributed by atoms with Crippen LogP contribution < -0.4 is 10.3 Å². The van der Waals surface area contributed by atoms with Crippen molar-refractivity contribution in [2.45, 2.75) is 37.9 Å². The molecule has 150 valence electrons. The van der Waals surface area contributed by atoms with Gasteiger partial charge in [-0.3, -0.25) is 14.2 Å². The number of rotatable bonds is 8. The van der Waals surface area contributed by atoms with E-state index in [1.54, 1.807) is 46.2 Å². The van der Waals surface area contributed by atoms with E-state index in [0.717, 1.165) is 35.2 Å². The van der Waals surface area contributed by atoms with Crippen molar-refractivity contribution in [2.75, 3.05) is 12.4 Å². The predicted octanol–water partition coefficient (Wildman–Crippen LogP) is 4.51. The third-order valence-corrected chi connectivity index (χ3v) is 7.08. The summed E-state index contributed by atoms with van der Waals surface area (Å²) in [6.07, 6.45) is 4.77. The lowest BCUT2D eigenvalue weighted by molar-refractivity contribution is 0.102. The minimum atomic E-state index is -0.0229. The van der Waals surface area contributed by atoms with Gasteiger partial charge in [-0.25, -0.2) is 4.98 Å². The third-order valence-electron chi connectivity index (χ3n) is 4.92. The molecule has 2 heterocycles. The first-order valence-corrected chi connectivity index (χ1v) is 11.5. The molecule has 2 aromatic heterocycles. The number of aryl methyl sites for hydroxylation is 2. The van der Waals surface area contributed by atoms with Gasteiger partial charge in [-0.1, -0.05) is 17.8 Å². The topological polar surface area (TPSA) is 61.2 Å². The number of benzene rings is 1. The Morgan fingerprint density at radius 2 is 2.14 bits per heavy atom. The molecule has 0 radical (unpaired) electrons. The van der Waals surface area contributed by atoms with Crippen LogP contribution in [-0.2, 0) is 19.4 Å². The molecule has 1 aromatic carbocycles. The van der Waals surface area contributed by atoms with Crippen LogP contribution in [0, 0.1) is 0 Å². The Balaban J connectivity index is 1.60. The van der Waals surface area contributed by atoms with E-state index in [9.17, 15) is 9.59 Å². The molecular formula is C22H22N2O3S2. The van der Waals surface area contributed by atoms with Gasteiger partial charge < -0.3 is 4.74 Å². The molecule has 0 bridgehead atoms. The van der Waals surface area contributed by atoms with Crippen LogP contribution in [0.2, 0.25) is 0 Å². The number of hydrogen-bond donors (Lipinski definition) is 0. The second-order valence-corrected chi connectivity index (χ2v) is 8.83. The summed E-state index contributed by atoms with van der Waals surface area (Å²) in [7, 11) is 0. The van der Waals surface area contributed by atoms with Gasteiger partial charge in [-0.15, -0.1) is 17.9 Å². The molecule has 7 heteroatoms. The fraction of sp³-hybridized carbons (Fsp3) is 0.318. The highest BCUT2D eigenvalue weighted by atomic mass is 32.2. The van der Waals surface area contributed by atoms with E-state index < -0.39 is 0 Å². The molecule has 1 aliphatic carbocycles. The van der Waals surface area contributed by atoms with Crippen LogP contribution in [0.25, 0.3) is 10.2 Å². The number of nitrogens with zero attached hydrogens (tertiary/aromatic N) is 2. The summed E-state index contributed by atoms with van der Waals surface area (Å²) in [5.41, 5.74) is 1.77. The molecule has 1 aliphatic rings. The number of fused-ring (bicyclic) bond motifs is 3. The van der Waals surface area contributed by atoms with E-state index in [1.807, 2.05) is 6.92 Å². The van der Waals surface area contributed by atoms with Gasteiger partial charge in [0.1, 0.15) is 10.6 Å². The van der Waals surface area contributed by atoms with Crippen LogP contribution in [0.3, 0.4) is 0 Å². The summed E-state index contributed by atoms with van der Waals surface area (Å²) in [5.74, 6) is 0.953. The molecule has 0 unspecified atom stereocenters. The summed E-state index contributed by atoms with van der Waals surface area (Å²) in [5, 5.41) is 1.33. The molecule has 29 heavy (non-hydrogen) atoms. The molecule has 0 amide bonds. The number of Topliss-reactive ketones (excluding diaryl/α,β-unsaturated/α-hetero) is 1. The average Bonchev–Trinajstić information content (AvgIpc) is 3.30. The first kappa shape index (κ1) is 19.9. The maximum atomic E-state index is 13.1. The molecule has 0 aliphatic heterocycles. The van der Waals surface area contributed by atoms with E-state index >= 15 is 0 Å². The van der Waals surface area contributed by atoms with Gasteiger partial charge >= 0.3 is 0 Å². The van der Waals surface area contributed by atoms with E-state index in [1.165, 1.54) is 22.2 Å². The lowest BCUT2D eigenvalue weighted by atomic mass is 10.1. The third kappa shape index (κ3) is 3.89. The second-order valence-electron chi connectivity index (χ2n) is 6.81. The molecule has 0 atom stereocenters. The number of carbonyl (C=O) groups is 1. The van der Waals surface area contributed by atoms with Crippen LogP contribution in [0.4, 0.5) is 0 Å². The first-order valence-electron chi connectivity index (χ1n) is 9.67. The zero-order chi connectivity index (χ0) is 20.4. The highest BCUT2D eigenvalue weighted by Crippen LogP contribution is 2.35. The number of ether oxygens (including phenoxy) is 1. The summed E-state index contributed by atoms with van der Waals surface area (Å²) in [6, 6.07) is 7.13. The Morgan fingerprint density at radius 3 is 2.86 bits per heavy atom. The molecule has 0 fully saturated rings. The van der Waals surface area contributed by atoms with Crippen molar-refractivity contribution in [1.29, 1.82) is 0 Å². The van der Waals surface area contributed by atoms with Crippen molar-refractivity contribution in [3.8, 4) is 5.75 Å². The minimum Gasteiger partial charge on any atom is -0.494 e. The van der Waals surface area contributed by atoms with E-state index in [2.05, 4.69) is 6.58 Å².